The van der Waals surface area contributed by atoms with E-state index in [0.29, 0.717) is 23.7 Å². The van der Waals surface area contributed by atoms with Crippen molar-refractivity contribution in [3.8, 4) is 11.3 Å². The zero-order chi connectivity index (χ0) is 22.4. The Labute approximate surface area is 178 Å². The van der Waals surface area contributed by atoms with Crippen LogP contribution in [-0.2, 0) is 11.2 Å². The van der Waals surface area contributed by atoms with Gasteiger partial charge in [0.1, 0.15) is 11.6 Å². The molecule has 3 aromatic rings. The van der Waals surface area contributed by atoms with Gasteiger partial charge in [-0.25, -0.2) is 13.8 Å². The number of amides is 2. The molecular formula is C23H23F2N3O3. The normalized spacial score (nSPS) is 10.9. The first kappa shape index (κ1) is 22.1. The monoisotopic (exact) mass is 427 g/mol. The molecule has 6 nitrogen and oxygen atoms in total. The zero-order valence-corrected chi connectivity index (χ0v) is 17.2. The van der Waals surface area contributed by atoms with Gasteiger partial charge < -0.3 is 15.1 Å². The van der Waals surface area contributed by atoms with Crippen molar-refractivity contribution in [3.63, 3.8) is 0 Å². The summed E-state index contributed by atoms with van der Waals surface area (Å²) in [5.74, 6) is -1.32. The van der Waals surface area contributed by atoms with Crippen molar-refractivity contribution in [2.45, 2.75) is 26.7 Å². The highest BCUT2D eigenvalue weighted by Gasteiger charge is 2.15. The van der Waals surface area contributed by atoms with E-state index in [1.165, 1.54) is 12.3 Å². The second-order valence-corrected chi connectivity index (χ2v) is 7.44. The maximum absolute atomic E-state index is 13.9. The molecule has 3 rings (SSSR count). The van der Waals surface area contributed by atoms with Gasteiger partial charge in [0, 0.05) is 25.5 Å². The summed E-state index contributed by atoms with van der Waals surface area (Å²) in [4.78, 5) is 28.8. The van der Waals surface area contributed by atoms with E-state index in [0.717, 1.165) is 12.1 Å². The van der Waals surface area contributed by atoms with E-state index in [1.807, 2.05) is 13.8 Å². The van der Waals surface area contributed by atoms with E-state index in [-0.39, 0.29) is 41.9 Å². The average molecular weight is 427 g/mol. The summed E-state index contributed by atoms with van der Waals surface area (Å²) < 4.78 is 32.4. The Morgan fingerprint density at radius 3 is 2.65 bits per heavy atom. The number of nitrogens with one attached hydrogen (secondary N) is 2. The summed E-state index contributed by atoms with van der Waals surface area (Å²) >= 11 is 0. The quantitative estimate of drug-likeness (QED) is 0.551. The number of carbonyl (C=O) groups is 2. The number of rotatable bonds is 8. The number of benzene rings is 2. The molecule has 0 bridgehead atoms. The summed E-state index contributed by atoms with van der Waals surface area (Å²) in [7, 11) is 0. The molecule has 1 heterocycles. The number of hydrogen-bond donors (Lipinski definition) is 2. The van der Waals surface area contributed by atoms with Crippen molar-refractivity contribution in [3.05, 3.63) is 71.8 Å². The minimum atomic E-state index is -0.757. The fraction of sp³-hybridized carbons (Fsp3) is 0.261. The molecule has 0 saturated carbocycles. The number of nitrogens with zero attached hydrogens (tertiary/aromatic N) is 1. The number of aryl methyl sites for hydroxylation is 1. The standard InChI is InChI=1S/C23H23F2N3O3/c1-14(2)12-27-23(30)17-5-3-4-6-19(17)28-21(29)9-10-22-26-13-20(31-22)16-8-7-15(24)11-18(16)25/h3-8,11,13-14H,9-10,12H2,1-2H3,(H,27,30)(H,28,29). The van der Waals surface area contributed by atoms with Gasteiger partial charge in [0.2, 0.25) is 5.91 Å². The summed E-state index contributed by atoms with van der Waals surface area (Å²) in [6, 6.07) is 9.91. The maximum atomic E-state index is 13.9. The van der Waals surface area contributed by atoms with E-state index in [4.69, 9.17) is 4.42 Å². The van der Waals surface area contributed by atoms with Gasteiger partial charge in [-0.2, -0.15) is 0 Å². The molecule has 2 amide bonds. The van der Waals surface area contributed by atoms with Gasteiger partial charge in [0.05, 0.1) is 23.0 Å². The number of anilines is 1. The van der Waals surface area contributed by atoms with Crippen LogP contribution in [0.15, 0.2) is 53.1 Å². The molecule has 2 N–H and O–H groups in total. The number of aromatic nitrogens is 1. The predicted octanol–water partition coefficient (Wildman–Crippen LogP) is 4.58. The van der Waals surface area contributed by atoms with Gasteiger partial charge in [-0.1, -0.05) is 26.0 Å². The average Bonchev–Trinajstić information content (AvgIpc) is 3.19. The summed E-state index contributed by atoms with van der Waals surface area (Å²) in [5, 5.41) is 5.56. The summed E-state index contributed by atoms with van der Waals surface area (Å²) in [6.45, 7) is 4.52. The topological polar surface area (TPSA) is 84.2 Å². The van der Waals surface area contributed by atoms with Crippen LogP contribution in [0.3, 0.4) is 0 Å². The van der Waals surface area contributed by atoms with Crippen molar-refractivity contribution >= 4 is 17.5 Å². The van der Waals surface area contributed by atoms with Crippen LogP contribution in [0.4, 0.5) is 14.5 Å². The molecule has 8 heteroatoms. The molecule has 162 valence electrons. The minimum absolute atomic E-state index is 0.0494. The number of para-hydroxylation sites is 1. The summed E-state index contributed by atoms with van der Waals surface area (Å²) in [6.07, 6.45) is 1.56. The first-order chi connectivity index (χ1) is 14.8. The Bertz CT molecular complexity index is 1080. The highest BCUT2D eigenvalue weighted by Crippen LogP contribution is 2.24. The van der Waals surface area contributed by atoms with Gasteiger partial charge in [-0.15, -0.1) is 0 Å². The Morgan fingerprint density at radius 2 is 1.90 bits per heavy atom. The van der Waals surface area contributed by atoms with Crippen molar-refractivity contribution in [2.24, 2.45) is 5.92 Å². The molecule has 0 aliphatic heterocycles. The van der Waals surface area contributed by atoms with Crippen LogP contribution in [0.5, 0.6) is 0 Å². The molecule has 0 aliphatic rings. The molecule has 1 aromatic heterocycles. The molecular weight excluding hydrogens is 404 g/mol. The van der Waals surface area contributed by atoms with E-state index in [1.54, 1.807) is 24.3 Å². The molecule has 0 aliphatic carbocycles. The SMILES string of the molecule is CC(C)CNC(=O)c1ccccc1NC(=O)CCc1ncc(-c2ccc(F)cc2F)o1. The Kier molecular flexibility index (Phi) is 7.12. The molecule has 0 fully saturated rings. The van der Waals surface area contributed by atoms with Crippen LogP contribution in [0.1, 0.15) is 36.5 Å². The zero-order valence-electron chi connectivity index (χ0n) is 17.2. The second-order valence-electron chi connectivity index (χ2n) is 7.44. The van der Waals surface area contributed by atoms with E-state index in [9.17, 15) is 18.4 Å². The second kappa shape index (κ2) is 9.97. The van der Waals surface area contributed by atoms with E-state index < -0.39 is 11.6 Å². The van der Waals surface area contributed by atoms with E-state index >= 15 is 0 Å². The number of hydrogen-bond acceptors (Lipinski definition) is 4. The molecule has 0 saturated heterocycles. The highest BCUT2D eigenvalue weighted by molar-refractivity contribution is 6.03. The predicted molar refractivity (Wildman–Crippen MR) is 112 cm³/mol. The molecule has 2 aromatic carbocycles. The highest BCUT2D eigenvalue weighted by atomic mass is 19.1. The van der Waals surface area contributed by atoms with Crippen molar-refractivity contribution < 1.29 is 22.8 Å². The third kappa shape index (κ3) is 5.97. The van der Waals surface area contributed by atoms with Crippen molar-refractivity contribution in [2.75, 3.05) is 11.9 Å². The largest absolute Gasteiger partial charge is 0.441 e. The lowest BCUT2D eigenvalue weighted by Gasteiger charge is -2.12. The van der Waals surface area contributed by atoms with Crippen LogP contribution in [-0.4, -0.2) is 23.3 Å². The third-order valence-electron chi connectivity index (χ3n) is 4.43. The van der Waals surface area contributed by atoms with Crippen LogP contribution >= 0.6 is 0 Å². The first-order valence-electron chi connectivity index (χ1n) is 9.90. The van der Waals surface area contributed by atoms with Crippen molar-refractivity contribution in [1.82, 2.24) is 10.3 Å². The molecule has 0 radical (unpaired) electrons. The van der Waals surface area contributed by atoms with Crippen LogP contribution in [0.25, 0.3) is 11.3 Å². The maximum Gasteiger partial charge on any atom is 0.253 e. The van der Waals surface area contributed by atoms with Gasteiger partial charge >= 0.3 is 0 Å². The van der Waals surface area contributed by atoms with Gasteiger partial charge in [0.15, 0.2) is 11.7 Å². The number of carbonyl (C=O) groups excluding carboxylic acids is 2. The van der Waals surface area contributed by atoms with Crippen molar-refractivity contribution in [1.29, 1.82) is 0 Å². The van der Waals surface area contributed by atoms with Crippen LogP contribution in [0.2, 0.25) is 0 Å². The molecule has 0 unspecified atom stereocenters. The first-order valence-corrected chi connectivity index (χ1v) is 9.90. The van der Waals surface area contributed by atoms with Gasteiger partial charge in [0.25, 0.3) is 5.91 Å². The third-order valence-corrected chi connectivity index (χ3v) is 4.43. The number of oxazole rings is 1. The van der Waals surface area contributed by atoms with Crippen LogP contribution < -0.4 is 10.6 Å². The van der Waals surface area contributed by atoms with Gasteiger partial charge in [-0.05, 0) is 30.2 Å². The lowest BCUT2D eigenvalue weighted by atomic mass is 10.1. The lowest BCUT2D eigenvalue weighted by molar-refractivity contribution is -0.116. The molecule has 0 spiro atoms. The Balaban J connectivity index is 1.60. The molecule has 0 atom stereocenters. The fourth-order valence-electron chi connectivity index (χ4n) is 2.85. The summed E-state index contributed by atoms with van der Waals surface area (Å²) in [5.41, 5.74) is 0.878. The van der Waals surface area contributed by atoms with Gasteiger partial charge in [-0.3, -0.25) is 9.59 Å². The fourth-order valence-corrected chi connectivity index (χ4v) is 2.85. The lowest BCUT2D eigenvalue weighted by Crippen LogP contribution is -2.28. The Morgan fingerprint density at radius 1 is 1.13 bits per heavy atom. The number of halogens is 2. The van der Waals surface area contributed by atoms with Crippen LogP contribution in [0, 0.1) is 17.6 Å². The smallest absolute Gasteiger partial charge is 0.253 e. The molecule has 31 heavy (non-hydrogen) atoms. The minimum Gasteiger partial charge on any atom is -0.441 e. The van der Waals surface area contributed by atoms with E-state index in [2.05, 4.69) is 15.6 Å². The Hall–Kier alpha value is -3.55.